The molecule has 0 saturated carbocycles. The molecule has 0 atom stereocenters. The van der Waals surface area contributed by atoms with Gasteiger partial charge in [0.15, 0.2) is 0 Å². The van der Waals surface area contributed by atoms with Crippen molar-refractivity contribution in [1.82, 2.24) is 16.0 Å². The minimum absolute atomic E-state index is 0.716. The van der Waals surface area contributed by atoms with Crippen molar-refractivity contribution < 1.29 is 4.74 Å². The summed E-state index contributed by atoms with van der Waals surface area (Å²) in [7, 11) is 1.96. The maximum absolute atomic E-state index is 5.45. The second-order valence-corrected chi connectivity index (χ2v) is 4.06. The fourth-order valence-corrected chi connectivity index (χ4v) is 1.12. The highest BCUT2D eigenvalue weighted by molar-refractivity contribution is 4.51. The van der Waals surface area contributed by atoms with Crippen LogP contribution >= 0.6 is 0 Å². The van der Waals surface area contributed by atoms with Gasteiger partial charge in [0.25, 0.3) is 0 Å². The summed E-state index contributed by atoms with van der Waals surface area (Å²) in [6.45, 7) is 11.0. The van der Waals surface area contributed by atoms with E-state index in [0.29, 0.717) is 5.92 Å². The van der Waals surface area contributed by atoms with E-state index in [1.807, 2.05) is 7.05 Å². The molecule has 0 bridgehead atoms. The van der Waals surface area contributed by atoms with E-state index >= 15 is 0 Å². The van der Waals surface area contributed by atoms with E-state index in [2.05, 4.69) is 29.8 Å². The number of hydrogen-bond donors (Lipinski definition) is 3. The fraction of sp³-hybridized carbons (Fsp3) is 1.00. The summed E-state index contributed by atoms with van der Waals surface area (Å²) in [5.41, 5.74) is 0. The maximum atomic E-state index is 5.45. The monoisotopic (exact) mass is 217 g/mol. The van der Waals surface area contributed by atoms with Gasteiger partial charge < -0.3 is 20.7 Å². The predicted molar refractivity (Wildman–Crippen MR) is 65.3 cm³/mol. The number of hydrogen-bond acceptors (Lipinski definition) is 4. The third-order valence-corrected chi connectivity index (χ3v) is 1.95. The minimum Gasteiger partial charge on any atom is -0.379 e. The molecule has 0 saturated heterocycles. The lowest BCUT2D eigenvalue weighted by molar-refractivity contribution is 0.137. The maximum Gasteiger partial charge on any atom is 0.0591 e. The molecule has 0 radical (unpaired) electrons. The standard InChI is InChI=1S/C11H27N3O/c1-11(2)10-14-7-9-15-8-6-13-5-4-12-3/h11-14H,4-10H2,1-3H3. The Labute approximate surface area is 94.2 Å². The van der Waals surface area contributed by atoms with Gasteiger partial charge in [-0.15, -0.1) is 0 Å². The van der Waals surface area contributed by atoms with Crippen molar-refractivity contribution in [2.75, 3.05) is 53.0 Å². The Bertz CT molecular complexity index is 120. The molecule has 0 fully saturated rings. The molecule has 0 amide bonds. The SMILES string of the molecule is CNCCNCCOCCNCC(C)C. The van der Waals surface area contributed by atoms with Crippen LogP contribution in [0.5, 0.6) is 0 Å². The van der Waals surface area contributed by atoms with E-state index in [4.69, 9.17) is 4.74 Å². The Hall–Kier alpha value is -0.160. The van der Waals surface area contributed by atoms with Crippen molar-refractivity contribution in [1.29, 1.82) is 0 Å². The Morgan fingerprint density at radius 1 is 0.933 bits per heavy atom. The summed E-state index contributed by atoms with van der Waals surface area (Å²) in [5.74, 6) is 0.716. The van der Waals surface area contributed by atoms with Crippen LogP contribution in [0.2, 0.25) is 0 Å². The second kappa shape index (κ2) is 11.9. The van der Waals surface area contributed by atoms with Gasteiger partial charge in [-0.05, 0) is 19.5 Å². The smallest absolute Gasteiger partial charge is 0.0591 e. The lowest BCUT2D eigenvalue weighted by Crippen LogP contribution is -2.29. The molecular formula is C11H27N3O. The summed E-state index contributed by atoms with van der Waals surface area (Å²) >= 11 is 0. The molecule has 3 N–H and O–H groups in total. The van der Waals surface area contributed by atoms with Crippen molar-refractivity contribution in [3.05, 3.63) is 0 Å². The van der Waals surface area contributed by atoms with Crippen molar-refractivity contribution in [3.63, 3.8) is 0 Å². The molecule has 0 aliphatic heterocycles. The largest absolute Gasteiger partial charge is 0.379 e. The molecule has 0 aromatic heterocycles. The number of likely N-dealkylation sites (N-methyl/N-ethyl adjacent to an activating group) is 1. The lowest BCUT2D eigenvalue weighted by atomic mass is 10.2. The van der Waals surface area contributed by atoms with Crippen LogP contribution < -0.4 is 16.0 Å². The van der Waals surface area contributed by atoms with Gasteiger partial charge in [-0.3, -0.25) is 0 Å². The van der Waals surface area contributed by atoms with Gasteiger partial charge in [-0.25, -0.2) is 0 Å². The van der Waals surface area contributed by atoms with E-state index in [1.54, 1.807) is 0 Å². The highest BCUT2D eigenvalue weighted by Gasteiger charge is 1.92. The summed E-state index contributed by atoms with van der Waals surface area (Å²) in [5, 5.41) is 9.71. The summed E-state index contributed by atoms with van der Waals surface area (Å²) in [6, 6.07) is 0. The molecule has 4 nitrogen and oxygen atoms in total. The number of nitrogens with one attached hydrogen (secondary N) is 3. The third-order valence-electron chi connectivity index (χ3n) is 1.95. The molecule has 0 rings (SSSR count). The molecule has 15 heavy (non-hydrogen) atoms. The van der Waals surface area contributed by atoms with Crippen LogP contribution in [0.15, 0.2) is 0 Å². The molecule has 0 aromatic rings. The summed E-state index contributed by atoms with van der Waals surface area (Å²) in [6.07, 6.45) is 0. The van der Waals surface area contributed by atoms with E-state index in [1.165, 1.54) is 0 Å². The zero-order valence-corrected chi connectivity index (χ0v) is 10.4. The van der Waals surface area contributed by atoms with Gasteiger partial charge in [0.2, 0.25) is 0 Å². The predicted octanol–water partition coefficient (Wildman–Crippen LogP) is 0.0576. The van der Waals surface area contributed by atoms with Crippen LogP contribution in [0.25, 0.3) is 0 Å². The molecule has 0 spiro atoms. The molecule has 92 valence electrons. The molecule has 0 aromatic carbocycles. The lowest BCUT2D eigenvalue weighted by Gasteiger charge is -2.08. The van der Waals surface area contributed by atoms with Gasteiger partial charge in [0, 0.05) is 26.2 Å². The highest BCUT2D eigenvalue weighted by Crippen LogP contribution is 1.85. The first kappa shape index (κ1) is 14.8. The zero-order valence-electron chi connectivity index (χ0n) is 10.4. The van der Waals surface area contributed by atoms with E-state index < -0.39 is 0 Å². The molecule has 0 aliphatic rings. The van der Waals surface area contributed by atoms with Crippen molar-refractivity contribution in [2.45, 2.75) is 13.8 Å². The van der Waals surface area contributed by atoms with E-state index in [-0.39, 0.29) is 0 Å². The molecule has 0 heterocycles. The van der Waals surface area contributed by atoms with Gasteiger partial charge >= 0.3 is 0 Å². The molecule has 0 aliphatic carbocycles. The summed E-state index contributed by atoms with van der Waals surface area (Å²) in [4.78, 5) is 0. The van der Waals surface area contributed by atoms with Crippen LogP contribution in [-0.2, 0) is 4.74 Å². The average Bonchev–Trinajstić information content (AvgIpc) is 2.20. The molecule has 4 heteroatoms. The van der Waals surface area contributed by atoms with Crippen LogP contribution in [0.1, 0.15) is 13.8 Å². The first-order chi connectivity index (χ1) is 7.27. The Kier molecular flexibility index (Phi) is 11.8. The van der Waals surface area contributed by atoms with Gasteiger partial charge in [0.1, 0.15) is 0 Å². The van der Waals surface area contributed by atoms with Crippen LogP contribution in [-0.4, -0.2) is 53.0 Å². The quantitative estimate of drug-likeness (QED) is 0.428. The second-order valence-electron chi connectivity index (χ2n) is 4.06. The van der Waals surface area contributed by atoms with Crippen molar-refractivity contribution >= 4 is 0 Å². The Morgan fingerprint density at radius 2 is 1.60 bits per heavy atom. The van der Waals surface area contributed by atoms with Gasteiger partial charge in [-0.1, -0.05) is 13.8 Å². The third kappa shape index (κ3) is 13.8. The minimum atomic E-state index is 0.716. The Morgan fingerprint density at radius 3 is 2.20 bits per heavy atom. The van der Waals surface area contributed by atoms with Crippen molar-refractivity contribution in [2.24, 2.45) is 5.92 Å². The number of rotatable bonds is 11. The van der Waals surface area contributed by atoms with Crippen LogP contribution in [0.4, 0.5) is 0 Å². The normalized spacial score (nSPS) is 11.2. The molecular weight excluding hydrogens is 190 g/mol. The van der Waals surface area contributed by atoms with Gasteiger partial charge in [-0.2, -0.15) is 0 Å². The average molecular weight is 217 g/mol. The van der Waals surface area contributed by atoms with Crippen LogP contribution in [0, 0.1) is 5.92 Å². The zero-order chi connectivity index (χ0) is 11.4. The van der Waals surface area contributed by atoms with Crippen molar-refractivity contribution in [3.8, 4) is 0 Å². The molecule has 0 unspecified atom stereocenters. The first-order valence-electron chi connectivity index (χ1n) is 5.91. The highest BCUT2D eigenvalue weighted by atomic mass is 16.5. The van der Waals surface area contributed by atoms with E-state index in [0.717, 1.165) is 45.9 Å². The fourth-order valence-electron chi connectivity index (χ4n) is 1.12. The number of ether oxygens (including phenoxy) is 1. The van der Waals surface area contributed by atoms with Gasteiger partial charge in [0.05, 0.1) is 13.2 Å². The van der Waals surface area contributed by atoms with E-state index in [9.17, 15) is 0 Å². The van der Waals surface area contributed by atoms with Crippen LogP contribution in [0.3, 0.4) is 0 Å². The Balaban J connectivity index is 2.87. The topological polar surface area (TPSA) is 45.3 Å². The first-order valence-corrected chi connectivity index (χ1v) is 5.91. The summed E-state index contributed by atoms with van der Waals surface area (Å²) < 4.78 is 5.45.